The number of nitrogens with two attached hydrogens (primary N) is 1. The minimum absolute atomic E-state index is 0.451. The van der Waals surface area contributed by atoms with Crippen LogP contribution in [0.3, 0.4) is 0 Å². The number of hydrogen-bond donors (Lipinski definition) is 2. The molecule has 10 heavy (non-hydrogen) atoms. The fourth-order valence-electron chi connectivity index (χ4n) is 0.445. The van der Waals surface area contributed by atoms with E-state index in [1.807, 2.05) is 0 Å². The van der Waals surface area contributed by atoms with Gasteiger partial charge < -0.3 is 5.43 Å². The lowest BCUT2D eigenvalue weighted by Crippen LogP contribution is -2.21. The van der Waals surface area contributed by atoms with Crippen molar-refractivity contribution < 1.29 is 4.39 Å². The molecule has 3 N–H and O–H groups in total. The first kappa shape index (κ1) is 8.91. The predicted octanol–water partition coefficient (Wildman–Crippen LogP) is 1.39. The molecular formula is C7H11FN2. The third-order valence-corrected chi connectivity index (χ3v) is 0.916. The van der Waals surface area contributed by atoms with Crippen LogP contribution in [-0.2, 0) is 0 Å². The highest BCUT2D eigenvalue weighted by atomic mass is 19.1. The van der Waals surface area contributed by atoms with Crippen LogP contribution in [0.5, 0.6) is 0 Å². The first-order chi connectivity index (χ1) is 4.57. The van der Waals surface area contributed by atoms with Crippen LogP contribution < -0.4 is 11.3 Å². The van der Waals surface area contributed by atoms with E-state index in [0.29, 0.717) is 11.3 Å². The first-order valence-corrected chi connectivity index (χ1v) is 2.76. The van der Waals surface area contributed by atoms with E-state index >= 15 is 0 Å². The summed E-state index contributed by atoms with van der Waals surface area (Å²) in [5, 5.41) is 0. The standard InChI is InChI=1S/C7H11FN2/c1-5(2)7(10-9)4-6(3)8/h4,10H,1,3,9H2,2H3/b7-4+. The van der Waals surface area contributed by atoms with Crippen LogP contribution in [0.15, 0.2) is 36.3 Å². The lowest BCUT2D eigenvalue weighted by molar-refractivity contribution is 0.666. The normalized spacial score (nSPS) is 10.9. The molecule has 2 nitrogen and oxygen atoms in total. The van der Waals surface area contributed by atoms with Gasteiger partial charge in [-0.25, -0.2) is 4.39 Å². The summed E-state index contributed by atoms with van der Waals surface area (Å²) in [4.78, 5) is 0. The molecule has 0 bridgehead atoms. The van der Waals surface area contributed by atoms with Crippen LogP contribution in [-0.4, -0.2) is 0 Å². The zero-order valence-electron chi connectivity index (χ0n) is 5.95. The largest absolute Gasteiger partial charge is 0.324 e. The van der Waals surface area contributed by atoms with Gasteiger partial charge in [0.1, 0.15) is 5.83 Å². The maximum atomic E-state index is 12.1. The Balaban J connectivity index is 4.34. The summed E-state index contributed by atoms with van der Waals surface area (Å²) in [5.41, 5.74) is 3.41. The second-order valence-electron chi connectivity index (χ2n) is 1.93. The van der Waals surface area contributed by atoms with Crippen molar-refractivity contribution in [2.45, 2.75) is 6.92 Å². The molecule has 0 rings (SSSR count). The van der Waals surface area contributed by atoms with Gasteiger partial charge in [-0.2, -0.15) is 0 Å². The van der Waals surface area contributed by atoms with Gasteiger partial charge in [-0.1, -0.05) is 13.2 Å². The summed E-state index contributed by atoms with van der Waals surface area (Å²) in [6.07, 6.45) is 1.18. The van der Waals surface area contributed by atoms with Gasteiger partial charge in [-0.15, -0.1) is 0 Å². The van der Waals surface area contributed by atoms with Gasteiger partial charge in [0.05, 0.1) is 5.70 Å². The van der Waals surface area contributed by atoms with Gasteiger partial charge >= 0.3 is 0 Å². The SMILES string of the molecule is C=C(F)/C=C(/NN)C(=C)C. The Morgan fingerprint density at radius 3 is 2.20 bits per heavy atom. The average Bonchev–Trinajstić information content (AvgIpc) is 1.81. The van der Waals surface area contributed by atoms with Crippen LogP contribution in [0, 0.1) is 0 Å². The first-order valence-electron chi connectivity index (χ1n) is 2.76. The van der Waals surface area contributed by atoms with Crippen LogP contribution in [0.2, 0.25) is 0 Å². The molecule has 0 fully saturated rings. The van der Waals surface area contributed by atoms with Crippen molar-refractivity contribution in [3.63, 3.8) is 0 Å². The molecule has 0 amide bonds. The van der Waals surface area contributed by atoms with Crippen LogP contribution in [0.4, 0.5) is 4.39 Å². The summed E-state index contributed by atoms with van der Waals surface area (Å²) in [5.74, 6) is 4.49. The van der Waals surface area contributed by atoms with E-state index in [2.05, 4.69) is 18.6 Å². The molecule has 0 aliphatic rings. The van der Waals surface area contributed by atoms with E-state index in [-0.39, 0.29) is 0 Å². The molecule has 3 heteroatoms. The minimum Gasteiger partial charge on any atom is -0.324 e. The van der Waals surface area contributed by atoms with Gasteiger partial charge in [0.15, 0.2) is 0 Å². The summed E-state index contributed by atoms with van der Waals surface area (Å²) in [6, 6.07) is 0. The van der Waals surface area contributed by atoms with E-state index in [1.54, 1.807) is 6.92 Å². The van der Waals surface area contributed by atoms with Crippen molar-refractivity contribution in [2.24, 2.45) is 5.84 Å². The Morgan fingerprint density at radius 1 is 1.60 bits per heavy atom. The highest BCUT2D eigenvalue weighted by Crippen LogP contribution is 2.05. The molecule has 0 spiro atoms. The predicted molar refractivity (Wildman–Crippen MR) is 40.5 cm³/mol. The number of rotatable bonds is 3. The van der Waals surface area contributed by atoms with Crippen molar-refractivity contribution in [1.82, 2.24) is 5.43 Å². The molecule has 0 aromatic carbocycles. The van der Waals surface area contributed by atoms with E-state index < -0.39 is 5.83 Å². The molecule has 0 saturated heterocycles. The molecule has 0 aromatic heterocycles. The number of allylic oxidation sites excluding steroid dienone is 3. The Morgan fingerprint density at radius 2 is 2.10 bits per heavy atom. The van der Waals surface area contributed by atoms with Crippen LogP contribution in [0.1, 0.15) is 6.92 Å². The number of hydrazine groups is 1. The Labute approximate surface area is 59.9 Å². The van der Waals surface area contributed by atoms with Crippen LogP contribution >= 0.6 is 0 Å². The molecule has 56 valence electrons. The average molecular weight is 142 g/mol. The second kappa shape index (κ2) is 3.85. The molecular weight excluding hydrogens is 131 g/mol. The van der Waals surface area contributed by atoms with Gasteiger partial charge in [-0.05, 0) is 18.6 Å². The van der Waals surface area contributed by atoms with E-state index in [1.165, 1.54) is 6.08 Å². The Hall–Kier alpha value is -1.09. The Kier molecular flexibility index (Phi) is 3.43. The van der Waals surface area contributed by atoms with Crippen molar-refractivity contribution in [3.05, 3.63) is 36.3 Å². The lowest BCUT2D eigenvalue weighted by atomic mass is 10.2. The third kappa shape index (κ3) is 3.04. The molecule has 0 heterocycles. The van der Waals surface area contributed by atoms with Crippen molar-refractivity contribution >= 4 is 0 Å². The minimum atomic E-state index is -0.545. The molecule has 0 aliphatic heterocycles. The van der Waals surface area contributed by atoms with Crippen LogP contribution in [0.25, 0.3) is 0 Å². The number of halogens is 1. The third-order valence-electron chi connectivity index (χ3n) is 0.916. The maximum absolute atomic E-state index is 12.1. The van der Waals surface area contributed by atoms with Gasteiger partial charge in [0.2, 0.25) is 0 Å². The molecule has 0 saturated carbocycles. The summed E-state index contributed by atoms with van der Waals surface area (Å²) < 4.78 is 12.1. The van der Waals surface area contributed by atoms with Gasteiger partial charge in [0, 0.05) is 0 Å². The van der Waals surface area contributed by atoms with Crippen molar-refractivity contribution in [2.75, 3.05) is 0 Å². The maximum Gasteiger partial charge on any atom is 0.118 e. The van der Waals surface area contributed by atoms with Crippen molar-refractivity contribution in [3.8, 4) is 0 Å². The fourth-order valence-corrected chi connectivity index (χ4v) is 0.445. The second-order valence-corrected chi connectivity index (χ2v) is 1.93. The number of nitrogens with one attached hydrogen (secondary N) is 1. The Bertz CT molecular complexity index is 182. The fraction of sp³-hybridized carbons (Fsp3) is 0.143. The smallest absolute Gasteiger partial charge is 0.118 e. The van der Waals surface area contributed by atoms with E-state index in [0.717, 1.165) is 0 Å². The summed E-state index contributed by atoms with van der Waals surface area (Å²) in [6.45, 7) is 8.32. The zero-order valence-corrected chi connectivity index (χ0v) is 5.95. The highest BCUT2D eigenvalue weighted by molar-refractivity contribution is 5.28. The highest BCUT2D eigenvalue weighted by Gasteiger charge is 1.93. The summed E-state index contributed by atoms with van der Waals surface area (Å²) >= 11 is 0. The van der Waals surface area contributed by atoms with E-state index in [4.69, 9.17) is 5.84 Å². The van der Waals surface area contributed by atoms with Gasteiger partial charge in [-0.3, -0.25) is 5.84 Å². The molecule has 0 radical (unpaired) electrons. The number of hydrogen-bond acceptors (Lipinski definition) is 2. The molecule has 0 unspecified atom stereocenters. The molecule has 0 aliphatic carbocycles. The molecule has 0 aromatic rings. The van der Waals surface area contributed by atoms with E-state index in [9.17, 15) is 4.39 Å². The topological polar surface area (TPSA) is 38.0 Å². The lowest BCUT2D eigenvalue weighted by Gasteiger charge is -2.03. The molecule has 0 atom stereocenters. The monoisotopic (exact) mass is 142 g/mol. The van der Waals surface area contributed by atoms with Gasteiger partial charge in [0.25, 0.3) is 0 Å². The zero-order chi connectivity index (χ0) is 8.15. The quantitative estimate of drug-likeness (QED) is 0.355. The summed E-state index contributed by atoms with van der Waals surface area (Å²) in [7, 11) is 0. The van der Waals surface area contributed by atoms with Crippen molar-refractivity contribution in [1.29, 1.82) is 0 Å².